The van der Waals surface area contributed by atoms with Crippen LogP contribution >= 0.6 is 11.8 Å². The van der Waals surface area contributed by atoms with E-state index < -0.39 is 9.84 Å². The van der Waals surface area contributed by atoms with E-state index in [0.29, 0.717) is 17.8 Å². The SMILES string of the molecule is CC[C@@H]1Sc2ccc(S(=O)(=O)CCC(=O)Nc3ccc(C)c(C)c3)cc2NC1=O. The van der Waals surface area contributed by atoms with E-state index in [1.807, 2.05) is 32.9 Å². The molecule has 0 bridgehead atoms. The summed E-state index contributed by atoms with van der Waals surface area (Å²) in [5.41, 5.74) is 3.32. The van der Waals surface area contributed by atoms with Crippen LogP contribution in [-0.2, 0) is 19.4 Å². The van der Waals surface area contributed by atoms with Crippen molar-refractivity contribution < 1.29 is 18.0 Å². The summed E-state index contributed by atoms with van der Waals surface area (Å²) < 4.78 is 25.4. The van der Waals surface area contributed by atoms with Crippen LogP contribution in [0, 0.1) is 13.8 Å². The van der Waals surface area contributed by atoms with Crippen LogP contribution in [0.15, 0.2) is 46.2 Å². The Labute approximate surface area is 175 Å². The van der Waals surface area contributed by atoms with Crippen molar-refractivity contribution >= 4 is 44.8 Å². The Morgan fingerprint density at radius 2 is 1.90 bits per heavy atom. The van der Waals surface area contributed by atoms with Gasteiger partial charge in [0, 0.05) is 17.0 Å². The fourth-order valence-corrected chi connectivity index (χ4v) is 5.26. The molecule has 29 heavy (non-hydrogen) atoms. The quantitative estimate of drug-likeness (QED) is 0.722. The number of amides is 2. The van der Waals surface area contributed by atoms with Crippen molar-refractivity contribution in [3.63, 3.8) is 0 Å². The Hall–Kier alpha value is -2.32. The van der Waals surface area contributed by atoms with E-state index in [-0.39, 0.29) is 34.1 Å². The van der Waals surface area contributed by atoms with Gasteiger partial charge in [-0.1, -0.05) is 13.0 Å². The van der Waals surface area contributed by atoms with Crippen LogP contribution in [0.25, 0.3) is 0 Å². The van der Waals surface area contributed by atoms with E-state index in [1.54, 1.807) is 12.1 Å². The maximum atomic E-state index is 12.7. The van der Waals surface area contributed by atoms with Gasteiger partial charge >= 0.3 is 0 Å². The molecule has 2 aromatic carbocycles. The maximum Gasteiger partial charge on any atom is 0.237 e. The molecule has 0 radical (unpaired) electrons. The Kier molecular flexibility index (Phi) is 6.33. The number of aryl methyl sites for hydroxylation is 2. The molecule has 2 aromatic rings. The third kappa shape index (κ3) is 5.00. The van der Waals surface area contributed by atoms with E-state index in [9.17, 15) is 18.0 Å². The minimum absolute atomic E-state index is 0.103. The predicted molar refractivity (Wildman–Crippen MR) is 116 cm³/mol. The van der Waals surface area contributed by atoms with Crippen molar-refractivity contribution in [2.75, 3.05) is 16.4 Å². The second-order valence-corrected chi connectivity index (χ2v) is 10.4. The average Bonchev–Trinajstić information content (AvgIpc) is 2.68. The van der Waals surface area contributed by atoms with Crippen LogP contribution in [0.5, 0.6) is 0 Å². The van der Waals surface area contributed by atoms with Gasteiger partial charge in [-0.2, -0.15) is 0 Å². The molecule has 1 aliphatic heterocycles. The number of carbonyl (C=O) groups excluding carboxylic acids is 2. The van der Waals surface area contributed by atoms with E-state index in [0.717, 1.165) is 16.0 Å². The van der Waals surface area contributed by atoms with Gasteiger partial charge in [-0.3, -0.25) is 9.59 Å². The van der Waals surface area contributed by atoms with E-state index in [4.69, 9.17) is 0 Å². The van der Waals surface area contributed by atoms with Crippen LogP contribution < -0.4 is 10.6 Å². The molecule has 0 saturated carbocycles. The summed E-state index contributed by atoms with van der Waals surface area (Å²) >= 11 is 1.44. The molecule has 0 unspecified atom stereocenters. The lowest BCUT2D eigenvalue weighted by Gasteiger charge is -2.23. The molecule has 8 heteroatoms. The molecule has 3 rings (SSSR count). The number of hydrogen-bond donors (Lipinski definition) is 2. The van der Waals surface area contributed by atoms with Crippen LogP contribution in [0.1, 0.15) is 30.9 Å². The van der Waals surface area contributed by atoms with Gasteiger partial charge in [0.2, 0.25) is 11.8 Å². The first-order chi connectivity index (χ1) is 13.7. The molecule has 1 aliphatic rings. The largest absolute Gasteiger partial charge is 0.326 e. The smallest absolute Gasteiger partial charge is 0.237 e. The summed E-state index contributed by atoms with van der Waals surface area (Å²) in [7, 11) is -3.65. The number of sulfone groups is 1. The predicted octanol–water partition coefficient (Wildman–Crippen LogP) is 3.93. The molecule has 6 nitrogen and oxygen atoms in total. The van der Waals surface area contributed by atoms with Crippen LogP contribution in [0.2, 0.25) is 0 Å². The third-order valence-corrected chi connectivity index (χ3v) is 8.04. The summed E-state index contributed by atoms with van der Waals surface area (Å²) in [5, 5.41) is 5.35. The maximum absolute atomic E-state index is 12.7. The number of nitrogens with one attached hydrogen (secondary N) is 2. The second-order valence-electron chi connectivity index (χ2n) is 7.08. The van der Waals surface area contributed by atoms with Gasteiger partial charge < -0.3 is 10.6 Å². The molecule has 0 aromatic heterocycles. The van der Waals surface area contributed by atoms with E-state index in [1.165, 1.54) is 23.9 Å². The summed E-state index contributed by atoms with van der Waals surface area (Å²) in [5.74, 6) is -0.780. The van der Waals surface area contributed by atoms with Crippen molar-refractivity contribution in [1.29, 1.82) is 0 Å². The molecule has 0 aliphatic carbocycles. The zero-order chi connectivity index (χ0) is 21.2. The number of rotatable bonds is 6. The lowest BCUT2D eigenvalue weighted by atomic mass is 10.1. The normalized spacial score (nSPS) is 16.1. The van der Waals surface area contributed by atoms with Gasteiger partial charge in [0.25, 0.3) is 0 Å². The van der Waals surface area contributed by atoms with Crippen molar-refractivity contribution in [2.24, 2.45) is 0 Å². The summed E-state index contributed by atoms with van der Waals surface area (Å²) in [6.45, 7) is 5.87. The fraction of sp³-hybridized carbons (Fsp3) is 0.333. The Morgan fingerprint density at radius 1 is 1.14 bits per heavy atom. The first-order valence-electron chi connectivity index (χ1n) is 9.41. The molecular weight excluding hydrogens is 408 g/mol. The van der Waals surface area contributed by atoms with Gasteiger partial charge in [0.15, 0.2) is 9.84 Å². The van der Waals surface area contributed by atoms with E-state index >= 15 is 0 Å². The number of fused-ring (bicyclic) bond motifs is 1. The number of carbonyl (C=O) groups is 2. The van der Waals surface area contributed by atoms with Gasteiger partial charge in [-0.15, -0.1) is 11.8 Å². The number of anilines is 2. The summed E-state index contributed by atoms with van der Waals surface area (Å²) in [4.78, 5) is 25.2. The molecule has 1 heterocycles. The lowest BCUT2D eigenvalue weighted by Crippen LogP contribution is -2.28. The van der Waals surface area contributed by atoms with Crippen molar-refractivity contribution in [3.05, 3.63) is 47.5 Å². The molecule has 2 amide bonds. The summed E-state index contributed by atoms with van der Waals surface area (Å²) in [6.07, 6.45) is 0.553. The zero-order valence-electron chi connectivity index (χ0n) is 16.6. The van der Waals surface area contributed by atoms with Crippen molar-refractivity contribution in [3.8, 4) is 0 Å². The molecule has 0 spiro atoms. The molecule has 0 saturated heterocycles. The van der Waals surface area contributed by atoms with Gasteiger partial charge in [-0.25, -0.2) is 8.42 Å². The fourth-order valence-electron chi connectivity index (χ4n) is 2.98. The monoisotopic (exact) mass is 432 g/mol. The standard InChI is InChI=1S/C21H24N2O4S2/c1-4-18-21(25)23-17-12-16(7-8-19(17)28-18)29(26,27)10-9-20(24)22-15-6-5-13(2)14(3)11-15/h5-8,11-12,18H,4,9-10H2,1-3H3,(H,22,24)(H,23,25)/t18-/m0/s1. The Morgan fingerprint density at radius 3 is 2.59 bits per heavy atom. The topological polar surface area (TPSA) is 92.3 Å². The number of hydrogen-bond acceptors (Lipinski definition) is 5. The third-order valence-electron chi connectivity index (χ3n) is 4.89. The van der Waals surface area contributed by atoms with Gasteiger partial charge in [0.05, 0.1) is 21.6 Å². The number of thioether (sulfide) groups is 1. The highest BCUT2D eigenvalue weighted by molar-refractivity contribution is 8.01. The minimum Gasteiger partial charge on any atom is -0.326 e. The van der Waals surface area contributed by atoms with Crippen LogP contribution in [-0.4, -0.2) is 31.2 Å². The van der Waals surface area contributed by atoms with Crippen LogP contribution in [0.3, 0.4) is 0 Å². The van der Waals surface area contributed by atoms with Gasteiger partial charge in [0.1, 0.15) is 0 Å². The molecule has 154 valence electrons. The molecule has 0 fully saturated rings. The van der Waals surface area contributed by atoms with Crippen molar-refractivity contribution in [1.82, 2.24) is 0 Å². The zero-order valence-corrected chi connectivity index (χ0v) is 18.2. The van der Waals surface area contributed by atoms with E-state index in [2.05, 4.69) is 10.6 Å². The molecule has 2 N–H and O–H groups in total. The Balaban J connectivity index is 1.66. The second kappa shape index (κ2) is 8.59. The van der Waals surface area contributed by atoms with Gasteiger partial charge in [-0.05, 0) is 61.7 Å². The highest BCUT2D eigenvalue weighted by Gasteiger charge is 2.27. The Bertz CT molecular complexity index is 1060. The molecule has 1 atom stereocenters. The van der Waals surface area contributed by atoms with Crippen LogP contribution in [0.4, 0.5) is 11.4 Å². The summed E-state index contributed by atoms with van der Waals surface area (Å²) in [6, 6.07) is 10.3. The first-order valence-corrected chi connectivity index (χ1v) is 11.9. The average molecular weight is 433 g/mol. The highest BCUT2D eigenvalue weighted by Crippen LogP contribution is 2.38. The minimum atomic E-state index is -3.65. The number of benzene rings is 2. The lowest BCUT2D eigenvalue weighted by molar-refractivity contribution is -0.116. The van der Waals surface area contributed by atoms with Crippen molar-refractivity contribution in [2.45, 2.75) is 48.7 Å². The first kappa shape index (κ1) is 21.4. The highest BCUT2D eigenvalue weighted by atomic mass is 32.2. The molecular formula is C21H24N2O4S2.